The maximum atomic E-state index is 12.5. The predicted molar refractivity (Wildman–Crippen MR) is 79.9 cm³/mol. The van der Waals surface area contributed by atoms with Crippen LogP contribution in [0.4, 0.5) is 0 Å². The smallest absolute Gasteiger partial charge is 0.253 e. The lowest BCUT2D eigenvalue weighted by molar-refractivity contribution is 0.0764. The van der Waals surface area contributed by atoms with Crippen molar-refractivity contribution in [2.24, 2.45) is 0 Å². The summed E-state index contributed by atoms with van der Waals surface area (Å²) in [5, 5.41) is 9.52. The molecule has 1 heterocycles. The minimum absolute atomic E-state index is 0.0707. The molecule has 0 spiro atoms. The third-order valence-electron chi connectivity index (χ3n) is 3.57. The number of rotatable bonds is 1. The van der Waals surface area contributed by atoms with Crippen LogP contribution in [0.1, 0.15) is 36.2 Å². The van der Waals surface area contributed by atoms with E-state index >= 15 is 0 Å². The van der Waals surface area contributed by atoms with Crippen molar-refractivity contribution in [2.75, 3.05) is 18.8 Å². The van der Waals surface area contributed by atoms with Crippen LogP contribution in [0.3, 0.4) is 0 Å². The summed E-state index contributed by atoms with van der Waals surface area (Å²) < 4.78 is 0.250. The molecule has 4 heteroatoms. The zero-order valence-corrected chi connectivity index (χ0v) is 12.6. The first-order valence-electron chi connectivity index (χ1n) is 6.62. The van der Waals surface area contributed by atoms with Crippen molar-refractivity contribution in [2.45, 2.75) is 31.9 Å². The number of benzene rings is 1. The fourth-order valence-electron chi connectivity index (χ4n) is 2.19. The van der Waals surface area contributed by atoms with Gasteiger partial charge in [-0.15, -0.1) is 0 Å². The number of thioether (sulfide) groups is 1. The summed E-state index contributed by atoms with van der Waals surface area (Å²) in [7, 11) is 0. The van der Waals surface area contributed by atoms with E-state index in [2.05, 4.69) is 13.8 Å². The SMILES string of the molecule is Cc1cc(C(=O)N2CCSC(C)(C)CC2)ccc1O. The molecule has 0 aliphatic carbocycles. The summed E-state index contributed by atoms with van der Waals surface area (Å²) in [6.07, 6.45) is 1.01. The summed E-state index contributed by atoms with van der Waals surface area (Å²) in [5.41, 5.74) is 1.41. The second-order valence-corrected chi connectivity index (χ2v) is 7.45. The number of carbonyl (C=O) groups excluding carboxylic acids is 1. The van der Waals surface area contributed by atoms with Gasteiger partial charge in [0.2, 0.25) is 0 Å². The van der Waals surface area contributed by atoms with Crippen LogP contribution in [0.25, 0.3) is 0 Å². The molecule has 3 nitrogen and oxygen atoms in total. The number of nitrogens with zero attached hydrogens (tertiary/aromatic N) is 1. The normalized spacial score (nSPS) is 19.0. The fourth-order valence-corrected chi connectivity index (χ4v) is 3.29. The molecular formula is C15H21NO2S. The molecule has 0 saturated carbocycles. The Balaban J connectivity index is 2.13. The van der Waals surface area contributed by atoms with Gasteiger partial charge in [0.05, 0.1) is 0 Å². The van der Waals surface area contributed by atoms with Gasteiger partial charge in [-0.1, -0.05) is 13.8 Å². The Morgan fingerprint density at radius 3 is 2.79 bits per heavy atom. The first kappa shape index (κ1) is 14.3. The summed E-state index contributed by atoms with van der Waals surface area (Å²) in [4.78, 5) is 14.4. The minimum atomic E-state index is 0.0707. The molecule has 1 aromatic carbocycles. The van der Waals surface area contributed by atoms with Gasteiger partial charge in [-0.3, -0.25) is 4.79 Å². The highest BCUT2D eigenvalue weighted by Gasteiger charge is 2.26. The Morgan fingerprint density at radius 1 is 1.37 bits per heavy atom. The van der Waals surface area contributed by atoms with Gasteiger partial charge >= 0.3 is 0 Å². The van der Waals surface area contributed by atoms with Crippen molar-refractivity contribution in [3.05, 3.63) is 29.3 Å². The Labute approximate surface area is 119 Å². The van der Waals surface area contributed by atoms with E-state index in [1.807, 2.05) is 23.6 Å². The van der Waals surface area contributed by atoms with Crippen LogP contribution in [0, 0.1) is 6.92 Å². The summed E-state index contributed by atoms with van der Waals surface area (Å²) >= 11 is 1.93. The molecule has 1 N–H and O–H groups in total. The van der Waals surface area contributed by atoms with Crippen LogP contribution < -0.4 is 0 Å². The van der Waals surface area contributed by atoms with Crippen LogP contribution in [0.2, 0.25) is 0 Å². The number of carbonyl (C=O) groups is 1. The van der Waals surface area contributed by atoms with Gasteiger partial charge in [-0.05, 0) is 37.1 Å². The fraction of sp³-hybridized carbons (Fsp3) is 0.533. The topological polar surface area (TPSA) is 40.5 Å². The standard InChI is InChI=1S/C15H21NO2S/c1-11-10-12(4-5-13(11)17)14(18)16-7-6-15(2,3)19-9-8-16/h4-5,10,17H,6-9H2,1-3H3. The van der Waals surface area contributed by atoms with Crippen LogP contribution in [-0.4, -0.2) is 39.5 Å². The molecule has 1 aliphatic rings. The molecule has 19 heavy (non-hydrogen) atoms. The van der Waals surface area contributed by atoms with Crippen LogP contribution in [0.15, 0.2) is 18.2 Å². The van der Waals surface area contributed by atoms with E-state index in [0.29, 0.717) is 5.56 Å². The number of amides is 1. The Hall–Kier alpha value is -1.16. The first-order valence-corrected chi connectivity index (χ1v) is 7.60. The average molecular weight is 279 g/mol. The molecule has 1 saturated heterocycles. The second kappa shape index (κ2) is 5.45. The summed E-state index contributed by atoms with van der Waals surface area (Å²) in [6.45, 7) is 7.88. The van der Waals surface area contributed by atoms with Gasteiger partial charge in [-0.25, -0.2) is 0 Å². The van der Waals surface area contributed by atoms with E-state index in [1.54, 1.807) is 18.2 Å². The number of hydrogen-bond donors (Lipinski definition) is 1. The molecule has 0 unspecified atom stereocenters. The molecule has 0 aromatic heterocycles. The molecule has 0 atom stereocenters. The van der Waals surface area contributed by atoms with Gasteiger partial charge in [0, 0.05) is 29.2 Å². The van der Waals surface area contributed by atoms with Gasteiger partial charge < -0.3 is 10.0 Å². The largest absolute Gasteiger partial charge is 0.508 e. The third kappa shape index (κ3) is 3.44. The number of aryl methyl sites for hydroxylation is 1. The quantitative estimate of drug-likeness (QED) is 0.859. The highest BCUT2D eigenvalue weighted by Crippen LogP contribution is 2.31. The molecule has 0 radical (unpaired) electrons. The van der Waals surface area contributed by atoms with Gasteiger partial charge in [-0.2, -0.15) is 11.8 Å². The van der Waals surface area contributed by atoms with E-state index in [1.165, 1.54) is 0 Å². The molecule has 104 valence electrons. The highest BCUT2D eigenvalue weighted by atomic mass is 32.2. The monoisotopic (exact) mass is 279 g/mol. The van der Waals surface area contributed by atoms with Crippen molar-refractivity contribution < 1.29 is 9.90 Å². The highest BCUT2D eigenvalue weighted by molar-refractivity contribution is 8.00. The van der Waals surface area contributed by atoms with Crippen molar-refractivity contribution in [3.63, 3.8) is 0 Å². The number of hydrogen-bond acceptors (Lipinski definition) is 3. The molecule has 1 aliphatic heterocycles. The van der Waals surface area contributed by atoms with Crippen molar-refractivity contribution in [3.8, 4) is 5.75 Å². The maximum Gasteiger partial charge on any atom is 0.253 e. The Bertz CT molecular complexity index is 485. The van der Waals surface area contributed by atoms with Crippen LogP contribution >= 0.6 is 11.8 Å². The third-order valence-corrected chi connectivity index (χ3v) is 4.94. The molecule has 2 rings (SSSR count). The summed E-state index contributed by atoms with van der Waals surface area (Å²) in [6, 6.07) is 5.06. The predicted octanol–water partition coefficient (Wildman–Crippen LogP) is 3.06. The van der Waals surface area contributed by atoms with Gasteiger partial charge in [0.25, 0.3) is 5.91 Å². The van der Waals surface area contributed by atoms with Gasteiger partial charge in [0.15, 0.2) is 0 Å². The van der Waals surface area contributed by atoms with Crippen molar-refractivity contribution in [1.29, 1.82) is 0 Å². The average Bonchev–Trinajstić information content (AvgIpc) is 2.53. The Kier molecular flexibility index (Phi) is 4.09. The van der Waals surface area contributed by atoms with E-state index in [4.69, 9.17) is 0 Å². The molecule has 1 fully saturated rings. The second-order valence-electron chi connectivity index (χ2n) is 5.65. The van der Waals surface area contributed by atoms with E-state index in [0.717, 1.165) is 30.8 Å². The van der Waals surface area contributed by atoms with Crippen LogP contribution in [-0.2, 0) is 0 Å². The van der Waals surface area contributed by atoms with Crippen LogP contribution in [0.5, 0.6) is 5.75 Å². The number of aromatic hydroxyl groups is 1. The van der Waals surface area contributed by atoms with E-state index in [-0.39, 0.29) is 16.4 Å². The van der Waals surface area contributed by atoms with Crippen molar-refractivity contribution >= 4 is 17.7 Å². The molecular weight excluding hydrogens is 258 g/mol. The van der Waals surface area contributed by atoms with Crippen molar-refractivity contribution in [1.82, 2.24) is 4.90 Å². The van der Waals surface area contributed by atoms with E-state index < -0.39 is 0 Å². The summed E-state index contributed by atoms with van der Waals surface area (Å²) in [5.74, 6) is 1.29. The Morgan fingerprint density at radius 2 is 2.11 bits per heavy atom. The lowest BCUT2D eigenvalue weighted by Gasteiger charge is -2.23. The number of phenols is 1. The zero-order chi connectivity index (χ0) is 14.0. The zero-order valence-electron chi connectivity index (χ0n) is 11.8. The van der Waals surface area contributed by atoms with E-state index in [9.17, 15) is 9.90 Å². The number of phenolic OH excluding ortho intramolecular Hbond substituents is 1. The minimum Gasteiger partial charge on any atom is -0.508 e. The lowest BCUT2D eigenvalue weighted by Crippen LogP contribution is -2.33. The maximum absolute atomic E-state index is 12.5. The first-order chi connectivity index (χ1) is 8.89. The lowest BCUT2D eigenvalue weighted by atomic mass is 10.1. The molecule has 1 amide bonds. The molecule has 0 bridgehead atoms. The molecule has 1 aromatic rings. The van der Waals surface area contributed by atoms with Gasteiger partial charge in [0.1, 0.15) is 5.75 Å².